The lowest BCUT2D eigenvalue weighted by Gasteiger charge is -2.37. The Morgan fingerprint density at radius 3 is 2.59 bits per heavy atom. The highest BCUT2D eigenvalue weighted by Crippen LogP contribution is 2.32. The molecule has 2 aliphatic rings. The molecule has 2 aliphatic heterocycles. The second kappa shape index (κ2) is 8.02. The van der Waals surface area contributed by atoms with Crippen LogP contribution in [0.1, 0.15) is 34.8 Å². The van der Waals surface area contributed by atoms with Gasteiger partial charge in [-0.25, -0.2) is 10.0 Å². The van der Waals surface area contributed by atoms with Crippen molar-refractivity contribution in [2.24, 2.45) is 0 Å². The first-order valence-electron chi connectivity index (χ1n) is 9.50. The van der Waals surface area contributed by atoms with Crippen molar-refractivity contribution in [3.63, 3.8) is 0 Å². The van der Waals surface area contributed by atoms with E-state index in [1.807, 2.05) is 6.07 Å². The van der Waals surface area contributed by atoms with Gasteiger partial charge >= 0.3 is 0 Å². The monoisotopic (exact) mass is 414 g/mol. The Balaban J connectivity index is 1.53. The lowest BCUT2D eigenvalue weighted by molar-refractivity contribution is -0.114. The molecular formula is C21H23ClN4O3. The first-order chi connectivity index (χ1) is 14.0. The van der Waals surface area contributed by atoms with Gasteiger partial charge in [-0.05, 0) is 23.6 Å². The number of hydrazine groups is 1. The van der Waals surface area contributed by atoms with Crippen molar-refractivity contribution >= 4 is 29.1 Å². The van der Waals surface area contributed by atoms with Crippen LogP contribution in [0.15, 0.2) is 36.4 Å². The molecule has 0 aliphatic carbocycles. The lowest BCUT2D eigenvalue weighted by Crippen LogP contribution is -2.50. The molecule has 7 nitrogen and oxygen atoms in total. The summed E-state index contributed by atoms with van der Waals surface area (Å²) in [6, 6.07) is 11.5. The van der Waals surface area contributed by atoms with E-state index in [-0.39, 0.29) is 23.0 Å². The molecule has 0 radical (unpaired) electrons. The molecule has 2 N–H and O–H groups in total. The number of nitrogens with zero attached hydrogens (tertiary/aromatic N) is 2. The highest BCUT2D eigenvalue weighted by molar-refractivity contribution is 6.34. The highest BCUT2D eigenvalue weighted by Gasteiger charge is 2.36. The Kier molecular flexibility index (Phi) is 5.45. The molecule has 152 valence electrons. The Morgan fingerprint density at radius 1 is 1.17 bits per heavy atom. The van der Waals surface area contributed by atoms with Gasteiger partial charge in [0.1, 0.15) is 5.75 Å². The van der Waals surface area contributed by atoms with Crippen molar-refractivity contribution in [1.29, 1.82) is 0 Å². The molecule has 2 aromatic carbocycles. The largest absolute Gasteiger partial charge is 0.496 e. The summed E-state index contributed by atoms with van der Waals surface area (Å²) in [6.45, 7) is 3.90. The number of anilines is 1. The number of carbonyl (C=O) groups is 2. The minimum Gasteiger partial charge on any atom is -0.496 e. The molecule has 2 amide bonds. The zero-order chi connectivity index (χ0) is 20.5. The summed E-state index contributed by atoms with van der Waals surface area (Å²) in [5.41, 5.74) is 3.36. The summed E-state index contributed by atoms with van der Waals surface area (Å²) < 4.78 is 5.37. The molecule has 0 spiro atoms. The Labute approximate surface area is 174 Å². The molecule has 0 saturated carbocycles. The van der Waals surface area contributed by atoms with Gasteiger partial charge in [0.25, 0.3) is 5.91 Å². The molecule has 0 aromatic heterocycles. The van der Waals surface area contributed by atoms with Gasteiger partial charge in [0.15, 0.2) is 0 Å². The molecule has 1 atom stereocenters. The standard InChI is InChI=1S/C21H23ClN4O3/c1-13(27)23-18-10-19(29-2)16(9-17(18)22)21(28)24-20-7-8-25-11-14-5-3-4-6-15(14)12-26(20)25/h3-6,9-10,20H,7-8,11-12H2,1-2H3,(H,23,27)(H,24,28). The number of hydrogen-bond donors (Lipinski definition) is 2. The van der Waals surface area contributed by atoms with Crippen LogP contribution in [0.2, 0.25) is 5.02 Å². The van der Waals surface area contributed by atoms with Gasteiger partial charge in [0, 0.05) is 32.6 Å². The topological polar surface area (TPSA) is 73.9 Å². The van der Waals surface area contributed by atoms with Gasteiger partial charge in [0.2, 0.25) is 5.91 Å². The van der Waals surface area contributed by atoms with Crippen molar-refractivity contribution in [2.75, 3.05) is 19.0 Å². The molecular weight excluding hydrogens is 392 g/mol. The third kappa shape index (κ3) is 3.94. The summed E-state index contributed by atoms with van der Waals surface area (Å²) in [5.74, 6) is -0.152. The Morgan fingerprint density at radius 2 is 1.90 bits per heavy atom. The number of halogens is 1. The smallest absolute Gasteiger partial charge is 0.256 e. The summed E-state index contributed by atoms with van der Waals surface area (Å²) >= 11 is 6.26. The van der Waals surface area contributed by atoms with Crippen LogP contribution in [0.3, 0.4) is 0 Å². The molecule has 4 rings (SSSR count). The molecule has 1 fully saturated rings. The molecule has 8 heteroatoms. The fourth-order valence-corrected chi connectivity index (χ4v) is 4.13. The third-order valence-electron chi connectivity index (χ3n) is 5.33. The van der Waals surface area contributed by atoms with Crippen molar-refractivity contribution in [3.05, 3.63) is 58.1 Å². The highest BCUT2D eigenvalue weighted by atomic mass is 35.5. The minimum absolute atomic E-state index is 0.102. The summed E-state index contributed by atoms with van der Waals surface area (Å²) in [5, 5.41) is 10.5. The van der Waals surface area contributed by atoms with E-state index in [1.54, 1.807) is 6.07 Å². The molecule has 2 heterocycles. The average molecular weight is 415 g/mol. The van der Waals surface area contributed by atoms with E-state index in [9.17, 15) is 9.59 Å². The van der Waals surface area contributed by atoms with E-state index >= 15 is 0 Å². The number of methoxy groups -OCH3 is 1. The predicted molar refractivity (Wildman–Crippen MR) is 111 cm³/mol. The number of amides is 2. The van der Waals surface area contributed by atoms with Crippen LogP contribution in [0, 0.1) is 0 Å². The van der Waals surface area contributed by atoms with Crippen LogP contribution in [-0.4, -0.2) is 41.7 Å². The zero-order valence-corrected chi connectivity index (χ0v) is 17.1. The van der Waals surface area contributed by atoms with Crippen LogP contribution in [0.25, 0.3) is 0 Å². The van der Waals surface area contributed by atoms with E-state index < -0.39 is 0 Å². The van der Waals surface area contributed by atoms with Gasteiger partial charge in [-0.3, -0.25) is 9.59 Å². The SMILES string of the molecule is COc1cc(NC(C)=O)c(Cl)cc1C(=O)NC1CCN2Cc3ccccc3CN12. The molecule has 1 saturated heterocycles. The van der Waals surface area contributed by atoms with Gasteiger partial charge in [-0.15, -0.1) is 0 Å². The van der Waals surface area contributed by atoms with Gasteiger partial charge < -0.3 is 15.4 Å². The van der Waals surface area contributed by atoms with Crippen LogP contribution >= 0.6 is 11.6 Å². The number of fused-ring (bicyclic) bond motifs is 2. The van der Waals surface area contributed by atoms with E-state index in [0.717, 1.165) is 26.1 Å². The van der Waals surface area contributed by atoms with Crippen LogP contribution < -0.4 is 15.4 Å². The van der Waals surface area contributed by atoms with Crippen molar-refractivity contribution in [2.45, 2.75) is 32.6 Å². The van der Waals surface area contributed by atoms with E-state index in [4.69, 9.17) is 16.3 Å². The summed E-state index contributed by atoms with van der Waals surface area (Å²) in [6.07, 6.45) is 0.731. The average Bonchev–Trinajstić information content (AvgIpc) is 3.08. The fourth-order valence-electron chi connectivity index (χ4n) is 3.92. The Hall–Kier alpha value is -2.61. The Bertz CT molecular complexity index is 965. The van der Waals surface area contributed by atoms with E-state index in [1.165, 1.54) is 31.2 Å². The van der Waals surface area contributed by atoms with Gasteiger partial charge in [0.05, 0.1) is 29.5 Å². The van der Waals surface area contributed by atoms with Crippen LogP contribution in [0.5, 0.6) is 5.75 Å². The fraction of sp³-hybridized carbons (Fsp3) is 0.333. The van der Waals surface area contributed by atoms with E-state index in [2.05, 4.69) is 38.9 Å². The summed E-state index contributed by atoms with van der Waals surface area (Å²) in [7, 11) is 1.48. The van der Waals surface area contributed by atoms with Crippen LogP contribution in [0.4, 0.5) is 5.69 Å². The second-order valence-corrected chi connectivity index (χ2v) is 7.65. The van der Waals surface area contributed by atoms with Crippen molar-refractivity contribution in [1.82, 2.24) is 15.3 Å². The molecule has 0 bridgehead atoms. The first-order valence-corrected chi connectivity index (χ1v) is 9.88. The maximum absolute atomic E-state index is 13.0. The number of rotatable bonds is 4. The number of carbonyl (C=O) groups excluding carboxylic acids is 2. The summed E-state index contributed by atoms with van der Waals surface area (Å²) in [4.78, 5) is 24.3. The second-order valence-electron chi connectivity index (χ2n) is 7.25. The lowest BCUT2D eigenvalue weighted by atomic mass is 10.1. The maximum atomic E-state index is 13.0. The first kappa shape index (κ1) is 19.7. The zero-order valence-electron chi connectivity index (χ0n) is 16.4. The maximum Gasteiger partial charge on any atom is 0.256 e. The quantitative estimate of drug-likeness (QED) is 0.804. The van der Waals surface area contributed by atoms with Crippen molar-refractivity contribution < 1.29 is 14.3 Å². The normalized spacial score (nSPS) is 18.7. The number of benzene rings is 2. The van der Waals surface area contributed by atoms with Crippen molar-refractivity contribution in [3.8, 4) is 5.75 Å². The van der Waals surface area contributed by atoms with Gasteiger partial charge in [-0.1, -0.05) is 35.9 Å². The minimum atomic E-state index is -0.260. The molecule has 1 unspecified atom stereocenters. The predicted octanol–water partition coefficient (Wildman–Crippen LogP) is 3.00. The third-order valence-corrected chi connectivity index (χ3v) is 5.64. The van der Waals surface area contributed by atoms with Gasteiger partial charge in [-0.2, -0.15) is 0 Å². The van der Waals surface area contributed by atoms with E-state index in [0.29, 0.717) is 17.0 Å². The van der Waals surface area contributed by atoms with Crippen LogP contribution in [-0.2, 0) is 17.9 Å². The number of ether oxygens (including phenoxy) is 1. The number of hydrogen-bond acceptors (Lipinski definition) is 5. The molecule has 2 aromatic rings. The molecule has 29 heavy (non-hydrogen) atoms. The number of nitrogens with one attached hydrogen (secondary N) is 2.